The smallest absolute Gasteiger partial charge is 0.165 e. The SMILES string of the molecule is CCCCC(=O)C(O)C1=CCC2CC1C2(C)C. The van der Waals surface area contributed by atoms with Crippen molar-refractivity contribution in [3.8, 4) is 0 Å². The van der Waals surface area contributed by atoms with E-state index < -0.39 is 6.10 Å². The summed E-state index contributed by atoms with van der Waals surface area (Å²) in [5.41, 5.74) is 1.30. The fraction of sp³-hybridized carbons (Fsp3) is 0.800. The third-order valence-electron chi connectivity index (χ3n) is 4.91. The van der Waals surface area contributed by atoms with E-state index in [-0.39, 0.29) is 11.2 Å². The molecule has 0 spiro atoms. The van der Waals surface area contributed by atoms with E-state index in [0.717, 1.165) is 37.2 Å². The maximum atomic E-state index is 11.9. The number of rotatable bonds is 5. The Hall–Kier alpha value is -0.630. The zero-order chi connectivity index (χ0) is 12.6. The highest BCUT2D eigenvalue weighted by Crippen LogP contribution is 2.59. The molecule has 0 aromatic rings. The number of unbranched alkanes of at least 4 members (excludes halogenated alkanes) is 1. The first-order chi connectivity index (χ1) is 7.98. The minimum atomic E-state index is -0.827. The highest BCUT2D eigenvalue weighted by Gasteiger charge is 2.52. The summed E-state index contributed by atoms with van der Waals surface area (Å²) < 4.78 is 0. The quantitative estimate of drug-likeness (QED) is 0.745. The number of aliphatic hydroxyl groups is 1. The van der Waals surface area contributed by atoms with Gasteiger partial charge in [-0.1, -0.05) is 33.3 Å². The average molecular weight is 236 g/mol. The first-order valence-corrected chi connectivity index (χ1v) is 6.89. The highest BCUT2D eigenvalue weighted by molar-refractivity contribution is 5.86. The Kier molecular flexibility index (Phi) is 3.44. The summed E-state index contributed by atoms with van der Waals surface area (Å²) in [4.78, 5) is 11.9. The van der Waals surface area contributed by atoms with Crippen molar-refractivity contribution in [1.29, 1.82) is 0 Å². The predicted octanol–water partition coefficient (Wildman–Crippen LogP) is 3.10. The molecule has 0 aromatic heterocycles. The molecule has 0 saturated heterocycles. The molecule has 2 bridgehead atoms. The lowest BCUT2D eigenvalue weighted by atomic mass is 9.48. The molecule has 0 amide bonds. The average Bonchev–Trinajstić information content (AvgIpc) is 2.34. The van der Waals surface area contributed by atoms with Crippen molar-refractivity contribution in [1.82, 2.24) is 0 Å². The Morgan fingerprint density at radius 1 is 1.59 bits per heavy atom. The molecule has 3 unspecified atom stereocenters. The van der Waals surface area contributed by atoms with E-state index in [0.29, 0.717) is 12.3 Å². The number of aliphatic hydroxyl groups excluding tert-OH is 1. The largest absolute Gasteiger partial charge is 0.381 e. The van der Waals surface area contributed by atoms with Gasteiger partial charge in [-0.25, -0.2) is 0 Å². The summed E-state index contributed by atoms with van der Waals surface area (Å²) in [7, 11) is 0. The minimum absolute atomic E-state index is 0.0132. The summed E-state index contributed by atoms with van der Waals surface area (Å²) >= 11 is 0. The number of allylic oxidation sites excluding steroid dienone is 1. The molecule has 3 aliphatic carbocycles. The molecule has 0 radical (unpaired) electrons. The minimum Gasteiger partial charge on any atom is -0.381 e. The number of hydrogen-bond donors (Lipinski definition) is 1. The normalized spacial score (nSPS) is 31.4. The molecule has 3 rings (SSSR count). The van der Waals surface area contributed by atoms with Crippen LogP contribution < -0.4 is 0 Å². The first kappa shape index (κ1) is 12.8. The van der Waals surface area contributed by atoms with Crippen LogP contribution in [0.4, 0.5) is 0 Å². The van der Waals surface area contributed by atoms with Gasteiger partial charge in [0.2, 0.25) is 0 Å². The maximum absolute atomic E-state index is 11.9. The number of carbonyl (C=O) groups excluding carboxylic acids is 1. The van der Waals surface area contributed by atoms with Gasteiger partial charge < -0.3 is 5.11 Å². The summed E-state index contributed by atoms with van der Waals surface area (Å²) in [6.07, 6.45) is 5.92. The third kappa shape index (κ3) is 2.08. The molecule has 0 aromatic carbocycles. The summed E-state index contributed by atoms with van der Waals surface area (Å²) in [5.74, 6) is 1.20. The second kappa shape index (κ2) is 4.56. The molecule has 3 aliphatic rings. The van der Waals surface area contributed by atoms with Gasteiger partial charge in [-0.05, 0) is 42.1 Å². The van der Waals surface area contributed by atoms with Crippen LogP contribution in [0.5, 0.6) is 0 Å². The standard InChI is InChI=1S/C15H24O2/c1-4-5-6-13(16)14(17)11-8-7-10-9-12(11)15(10,2)3/h8,10,12,14,17H,4-7,9H2,1-3H3. The van der Waals surface area contributed by atoms with E-state index in [1.807, 2.05) is 0 Å². The van der Waals surface area contributed by atoms with Gasteiger partial charge in [-0.2, -0.15) is 0 Å². The second-order valence-corrected chi connectivity index (χ2v) is 6.22. The van der Waals surface area contributed by atoms with E-state index in [9.17, 15) is 9.90 Å². The number of carbonyl (C=O) groups is 1. The first-order valence-electron chi connectivity index (χ1n) is 6.89. The highest BCUT2D eigenvalue weighted by atomic mass is 16.3. The van der Waals surface area contributed by atoms with E-state index >= 15 is 0 Å². The van der Waals surface area contributed by atoms with Gasteiger partial charge in [0, 0.05) is 6.42 Å². The predicted molar refractivity (Wildman–Crippen MR) is 68.6 cm³/mol. The van der Waals surface area contributed by atoms with Crippen molar-refractivity contribution in [2.45, 2.75) is 59.0 Å². The fourth-order valence-electron chi connectivity index (χ4n) is 3.38. The zero-order valence-corrected chi connectivity index (χ0v) is 11.2. The van der Waals surface area contributed by atoms with E-state index in [2.05, 4.69) is 26.8 Å². The number of hydrogen-bond acceptors (Lipinski definition) is 2. The molecule has 96 valence electrons. The number of ketones is 1. The molecule has 1 N–H and O–H groups in total. The van der Waals surface area contributed by atoms with Gasteiger partial charge in [0.05, 0.1) is 0 Å². The summed E-state index contributed by atoms with van der Waals surface area (Å²) in [6.45, 7) is 6.60. The van der Waals surface area contributed by atoms with Crippen molar-refractivity contribution >= 4 is 5.78 Å². The zero-order valence-electron chi connectivity index (χ0n) is 11.2. The monoisotopic (exact) mass is 236 g/mol. The van der Waals surface area contributed by atoms with Gasteiger partial charge >= 0.3 is 0 Å². The Labute approximate surface area is 104 Å². The second-order valence-electron chi connectivity index (χ2n) is 6.22. The van der Waals surface area contributed by atoms with Gasteiger partial charge in [0.25, 0.3) is 0 Å². The Bertz CT molecular complexity index is 341. The van der Waals surface area contributed by atoms with Gasteiger partial charge in [-0.3, -0.25) is 4.79 Å². The van der Waals surface area contributed by atoms with Gasteiger partial charge in [-0.15, -0.1) is 0 Å². The van der Waals surface area contributed by atoms with Crippen molar-refractivity contribution in [3.63, 3.8) is 0 Å². The van der Waals surface area contributed by atoms with Crippen molar-refractivity contribution in [2.24, 2.45) is 17.3 Å². The molecule has 1 saturated carbocycles. The van der Waals surface area contributed by atoms with Crippen LogP contribution in [0, 0.1) is 17.3 Å². The molecular weight excluding hydrogens is 212 g/mol. The third-order valence-corrected chi connectivity index (χ3v) is 4.91. The van der Waals surface area contributed by atoms with Crippen LogP contribution in [0.15, 0.2) is 11.6 Å². The molecule has 3 atom stereocenters. The molecular formula is C15H24O2. The molecule has 2 heteroatoms. The van der Waals surface area contributed by atoms with Crippen LogP contribution >= 0.6 is 0 Å². The lowest BCUT2D eigenvalue weighted by molar-refractivity contribution is -0.127. The van der Waals surface area contributed by atoms with E-state index in [4.69, 9.17) is 0 Å². The van der Waals surface area contributed by atoms with E-state index in [1.54, 1.807) is 0 Å². The molecule has 17 heavy (non-hydrogen) atoms. The summed E-state index contributed by atoms with van der Waals surface area (Å²) in [6, 6.07) is 0. The maximum Gasteiger partial charge on any atom is 0.165 e. The Morgan fingerprint density at radius 2 is 2.29 bits per heavy atom. The lowest BCUT2D eigenvalue weighted by Crippen LogP contribution is -2.50. The molecule has 2 nitrogen and oxygen atoms in total. The Balaban J connectivity index is 2.03. The lowest BCUT2D eigenvalue weighted by Gasteiger charge is -2.57. The van der Waals surface area contributed by atoms with E-state index in [1.165, 1.54) is 0 Å². The molecule has 0 aliphatic heterocycles. The Morgan fingerprint density at radius 3 is 2.82 bits per heavy atom. The van der Waals surface area contributed by atoms with Crippen LogP contribution in [0.25, 0.3) is 0 Å². The van der Waals surface area contributed by atoms with Crippen LogP contribution in [0.2, 0.25) is 0 Å². The number of Topliss-reactive ketones (excluding diaryl/α,β-unsaturated/α-hetero) is 1. The van der Waals surface area contributed by atoms with Crippen molar-refractivity contribution < 1.29 is 9.90 Å². The van der Waals surface area contributed by atoms with Crippen molar-refractivity contribution in [3.05, 3.63) is 11.6 Å². The summed E-state index contributed by atoms with van der Waals surface area (Å²) in [5, 5.41) is 10.2. The van der Waals surface area contributed by atoms with Crippen LogP contribution in [-0.4, -0.2) is 17.0 Å². The van der Waals surface area contributed by atoms with Crippen LogP contribution in [-0.2, 0) is 4.79 Å². The number of fused-ring (bicyclic) bond motifs is 1. The molecule has 0 heterocycles. The fourth-order valence-corrected chi connectivity index (χ4v) is 3.38. The van der Waals surface area contributed by atoms with Gasteiger partial charge in [0.1, 0.15) is 6.10 Å². The molecule has 1 fully saturated rings. The van der Waals surface area contributed by atoms with Crippen LogP contribution in [0.3, 0.4) is 0 Å². The van der Waals surface area contributed by atoms with Crippen molar-refractivity contribution in [2.75, 3.05) is 0 Å². The van der Waals surface area contributed by atoms with Gasteiger partial charge in [0.15, 0.2) is 5.78 Å². The van der Waals surface area contributed by atoms with Crippen LogP contribution in [0.1, 0.15) is 52.9 Å². The topological polar surface area (TPSA) is 37.3 Å².